The first kappa shape index (κ1) is 12.5. The minimum absolute atomic E-state index is 0.364. The van der Waals surface area contributed by atoms with E-state index in [9.17, 15) is 0 Å². The predicted molar refractivity (Wildman–Crippen MR) is 73.6 cm³/mol. The smallest absolute Gasteiger partial charge is 0.180 e. The van der Waals surface area contributed by atoms with Crippen molar-refractivity contribution in [3.05, 3.63) is 35.7 Å². The number of pyridine rings is 1. The Hall–Kier alpha value is -1.97. The summed E-state index contributed by atoms with van der Waals surface area (Å²) in [6.07, 6.45) is 0. The van der Waals surface area contributed by atoms with E-state index < -0.39 is 0 Å². The van der Waals surface area contributed by atoms with Crippen LogP contribution in [0.5, 0.6) is 0 Å². The highest BCUT2D eigenvalue weighted by molar-refractivity contribution is 5.53. The molecule has 0 bridgehead atoms. The van der Waals surface area contributed by atoms with E-state index in [0.29, 0.717) is 11.7 Å². The van der Waals surface area contributed by atoms with Crippen molar-refractivity contribution in [2.24, 2.45) is 0 Å². The van der Waals surface area contributed by atoms with Gasteiger partial charge in [0.25, 0.3) is 0 Å². The molecule has 2 rings (SSSR count). The second-order valence-electron chi connectivity index (χ2n) is 4.57. The van der Waals surface area contributed by atoms with Crippen LogP contribution in [0.15, 0.2) is 24.3 Å². The van der Waals surface area contributed by atoms with Gasteiger partial charge in [0.2, 0.25) is 0 Å². The zero-order valence-corrected chi connectivity index (χ0v) is 11.2. The van der Waals surface area contributed by atoms with Crippen LogP contribution in [0, 0.1) is 6.92 Å². The zero-order valence-electron chi connectivity index (χ0n) is 11.2. The molecule has 1 N–H and O–H groups in total. The lowest BCUT2D eigenvalue weighted by Crippen LogP contribution is -2.03. The van der Waals surface area contributed by atoms with E-state index >= 15 is 0 Å². The molecule has 94 valence electrons. The van der Waals surface area contributed by atoms with Gasteiger partial charge in [-0.05, 0) is 25.0 Å². The van der Waals surface area contributed by atoms with Crippen LogP contribution in [-0.4, -0.2) is 22.0 Å². The van der Waals surface area contributed by atoms with Crippen molar-refractivity contribution in [3.8, 4) is 11.5 Å². The summed E-state index contributed by atoms with van der Waals surface area (Å²) in [6, 6.07) is 7.85. The lowest BCUT2D eigenvalue weighted by Gasteiger charge is -2.09. The molecular formula is C14H18N4. The summed E-state index contributed by atoms with van der Waals surface area (Å²) in [4.78, 5) is 13.5. The molecule has 2 aromatic heterocycles. The van der Waals surface area contributed by atoms with E-state index in [1.165, 1.54) is 0 Å². The Morgan fingerprint density at radius 1 is 1.11 bits per heavy atom. The van der Waals surface area contributed by atoms with Gasteiger partial charge in [-0.2, -0.15) is 0 Å². The highest BCUT2D eigenvalue weighted by Crippen LogP contribution is 2.20. The van der Waals surface area contributed by atoms with Gasteiger partial charge in [0.1, 0.15) is 11.5 Å². The molecule has 0 aliphatic heterocycles. The zero-order chi connectivity index (χ0) is 13.1. The molecule has 0 saturated heterocycles. The van der Waals surface area contributed by atoms with Gasteiger partial charge in [-0.15, -0.1) is 0 Å². The highest BCUT2D eigenvalue weighted by Gasteiger charge is 2.09. The fourth-order valence-electron chi connectivity index (χ4n) is 1.67. The molecule has 0 radical (unpaired) electrons. The number of aromatic nitrogens is 3. The number of rotatable bonds is 3. The van der Waals surface area contributed by atoms with E-state index in [1.54, 1.807) is 0 Å². The fraction of sp³-hybridized carbons (Fsp3) is 0.357. The van der Waals surface area contributed by atoms with Crippen LogP contribution in [-0.2, 0) is 0 Å². The van der Waals surface area contributed by atoms with E-state index in [-0.39, 0.29) is 0 Å². The third-order valence-corrected chi connectivity index (χ3v) is 2.71. The highest BCUT2D eigenvalue weighted by atomic mass is 15.0. The maximum atomic E-state index is 4.58. The Balaban J connectivity index is 2.53. The third-order valence-electron chi connectivity index (χ3n) is 2.71. The molecule has 0 atom stereocenters. The van der Waals surface area contributed by atoms with Crippen LogP contribution in [0.25, 0.3) is 11.5 Å². The first-order valence-corrected chi connectivity index (χ1v) is 6.11. The van der Waals surface area contributed by atoms with E-state index in [2.05, 4.69) is 34.1 Å². The minimum Gasteiger partial charge on any atom is -0.373 e. The predicted octanol–water partition coefficient (Wildman–Crippen LogP) is 3.01. The van der Waals surface area contributed by atoms with Crippen LogP contribution < -0.4 is 5.32 Å². The first-order valence-electron chi connectivity index (χ1n) is 6.11. The Morgan fingerprint density at radius 3 is 2.50 bits per heavy atom. The largest absolute Gasteiger partial charge is 0.373 e. The molecule has 0 aromatic carbocycles. The lowest BCUT2D eigenvalue weighted by molar-refractivity contribution is 0.816. The lowest BCUT2D eigenvalue weighted by atomic mass is 10.1. The molecule has 2 aromatic rings. The summed E-state index contributed by atoms with van der Waals surface area (Å²) in [5.41, 5.74) is 2.80. The van der Waals surface area contributed by atoms with Crippen molar-refractivity contribution in [2.45, 2.75) is 26.7 Å². The minimum atomic E-state index is 0.364. The SMILES string of the molecule is CNc1cc(C(C)C)nc(-c2cccc(C)n2)n1. The fourth-order valence-corrected chi connectivity index (χ4v) is 1.67. The summed E-state index contributed by atoms with van der Waals surface area (Å²) in [5, 5.41) is 3.07. The van der Waals surface area contributed by atoms with E-state index in [1.807, 2.05) is 38.2 Å². The van der Waals surface area contributed by atoms with Crippen LogP contribution in [0.3, 0.4) is 0 Å². The average Bonchev–Trinajstić information content (AvgIpc) is 2.38. The number of aryl methyl sites for hydroxylation is 1. The quantitative estimate of drug-likeness (QED) is 0.898. The molecule has 0 spiro atoms. The number of hydrogen-bond acceptors (Lipinski definition) is 4. The molecule has 0 saturated carbocycles. The third kappa shape index (κ3) is 2.64. The van der Waals surface area contributed by atoms with Crippen LogP contribution >= 0.6 is 0 Å². The monoisotopic (exact) mass is 242 g/mol. The van der Waals surface area contributed by atoms with Crippen molar-refractivity contribution in [2.75, 3.05) is 12.4 Å². The van der Waals surface area contributed by atoms with Gasteiger partial charge in [-0.1, -0.05) is 19.9 Å². The Kier molecular flexibility index (Phi) is 3.55. The molecule has 18 heavy (non-hydrogen) atoms. The second kappa shape index (κ2) is 5.12. The van der Waals surface area contributed by atoms with Gasteiger partial charge >= 0.3 is 0 Å². The van der Waals surface area contributed by atoms with Crippen LogP contribution in [0.4, 0.5) is 5.82 Å². The van der Waals surface area contributed by atoms with Gasteiger partial charge in [0, 0.05) is 24.5 Å². The topological polar surface area (TPSA) is 50.7 Å². The molecule has 0 amide bonds. The van der Waals surface area contributed by atoms with Crippen molar-refractivity contribution >= 4 is 5.82 Å². The van der Waals surface area contributed by atoms with Crippen molar-refractivity contribution in [1.29, 1.82) is 0 Å². The van der Waals surface area contributed by atoms with Crippen molar-refractivity contribution in [1.82, 2.24) is 15.0 Å². The van der Waals surface area contributed by atoms with Gasteiger partial charge in [0.05, 0.1) is 0 Å². The normalized spacial score (nSPS) is 10.7. The summed E-state index contributed by atoms with van der Waals surface area (Å²) in [6.45, 7) is 6.21. The molecule has 0 fully saturated rings. The number of anilines is 1. The molecule has 0 aliphatic rings. The maximum absolute atomic E-state index is 4.58. The van der Waals surface area contributed by atoms with Crippen LogP contribution in [0.2, 0.25) is 0 Å². The van der Waals surface area contributed by atoms with Crippen molar-refractivity contribution in [3.63, 3.8) is 0 Å². The number of hydrogen-bond donors (Lipinski definition) is 1. The Labute approximate surface area is 108 Å². The summed E-state index contributed by atoms with van der Waals surface area (Å²) in [7, 11) is 1.86. The molecule has 0 aliphatic carbocycles. The van der Waals surface area contributed by atoms with Gasteiger partial charge < -0.3 is 5.32 Å². The Bertz CT molecular complexity index is 549. The summed E-state index contributed by atoms with van der Waals surface area (Å²) in [5.74, 6) is 1.87. The average molecular weight is 242 g/mol. The van der Waals surface area contributed by atoms with Gasteiger partial charge in [-0.25, -0.2) is 15.0 Å². The van der Waals surface area contributed by atoms with Gasteiger partial charge in [0.15, 0.2) is 5.82 Å². The number of nitrogens with zero attached hydrogens (tertiary/aromatic N) is 3. The molecule has 4 heteroatoms. The number of nitrogens with one attached hydrogen (secondary N) is 1. The summed E-state index contributed by atoms with van der Waals surface area (Å²) < 4.78 is 0. The van der Waals surface area contributed by atoms with Crippen LogP contribution in [0.1, 0.15) is 31.2 Å². The van der Waals surface area contributed by atoms with E-state index in [0.717, 1.165) is 22.9 Å². The Morgan fingerprint density at radius 2 is 1.89 bits per heavy atom. The molecule has 4 nitrogen and oxygen atoms in total. The molecular weight excluding hydrogens is 224 g/mol. The first-order chi connectivity index (χ1) is 8.60. The van der Waals surface area contributed by atoms with Gasteiger partial charge in [-0.3, -0.25) is 0 Å². The second-order valence-corrected chi connectivity index (χ2v) is 4.57. The maximum Gasteiger partial charge on any atom is 0.180 e. The molecule has 2 heterocycles. The van der Waals surface area contributed by atoms with E-state index in [4.69, 9.17) is 0 Å². The summed E-state index contributed by atoms with van der Waals surface area (Å²) >= 11 is 0. The standard InChI is InChI=1S/C14H18N4/c1-9(2)12-8-13(15-4)18-14(17-12)11-7-5-6-10(3)16-11/h5-9H,1-4H3,(H,15,17,18). The molecule has 0 unspecified atom stereocenters. The van der Waals surface area contributed by atoms with Crippen molar-refractivity contribution < 1.29 is 0 Å².